The van der Waals surface area contributed by atoms with Gasteiger partial charge >= 0.3 is 0 Å². The van der Waals surface area contributed by atoms with E-state index in [1.165, 1.54) is 7.11 Å². The number of carbonyl (C=O) groups excluding carboxylic acids is 1. The Bertz CT molecular complexity index is 730. The van der Waals surface area contributed by atoms with Crippen molar-refractivity contribution in [2.45, 2.75) is 24.9 Å². The van der Waals surface area contributed by atoms with Gasteiger partial charge in [0, 0.05) is 26.0 Å². The third-order valence-corrected chi connectivity index (χ3v) is 4.78. The van der Waals surface area contributed by atoms with Crippen molar-refractivity contribution in [2.75, 3.05) is 27.2 Å². The molecule has 0 atom stereocenters. The van der Waals surface area contributed by atoms with Gasteiger partial charge in [-0.15, -0.1) is 12.4 Å². The Kier molecular flexibility index (Phi) is 6.50. The van der Waals surface area contributed by atoms with Crippen LogP contribution in [0.3, 0.4) is 0 Å². The number of methoxy groups -OCH3 is 1. The van der Waals surface area contributed by atoms with Gasteiger partial charge in [0.05, 0.1) is 7.11 Å². The van der Waals surface area contributed by atoms with E-state index in [2.05, 4.69) is 10.4 Å². The number of aromatic hydroxyl groups is 1. The molecule has 1 aliphatic heterocycles. The van der Waals surface area contributed by atoms with E-state index in [1.54, 1.807) is 41.0 Å². The summed E-state index contributed by atoms with van der Waals surface area (Å²) in [5.41, 5.74) is 0.250. The molecule has 7 nitrogen and oxygen atoms in total. The Morgan fingerprint density at radius 2 is 2.15 bits per heavy atom. The number of ether oxygens (including phenoxy) is 1. The number of nitrogens with one attached hydrogen (secondary N) is 1. The van der Waals surface area contributed by atoms with Crippen molar-refractivity contribution in [3.05, 3.63) is 42.2 Å². The quantitative estimate of drug-likeness (QED) is 0.826. The van der Waals surface area contributed by atoms with E-state index < -0.39 is 5.54 Å². The Morgan fingerprint density at radius 1 is 1.42 bits per heavy atom. The number of aromatic nitrogens is 2. The molecule has 1 aromatic carbocycles. The monoisotopic (exact) mass is 380 g/mol. The standard InChI is InChI=1S/C18H24N4O3.ClH/c1-21(13-14-4-5-15(23)16(12-14)25-2)17(24)18(6-9-19-10-7-18)22-11-3-8-20-22;/h3-5,8,11-12,19,23H,6-7,9-10,13H2,1-2H3;1H. The first kappa shape index (κ1) is 20.1. The fourth-order valence-electron chi connectivity index (χ4n) is 3.42. The minimum atomic E-state index is -0.648. The van der Waals surface area contributed by atoms with Gasteiger partial charge in [0.15, 0.2) is 11.5 Å². The van der Waals surface area contributed by atoms with Crippen LogP contribution in [0.2, 0.25) is 0 Å². The smallest absolute Gasteiger partial charge is 0.250 e. The van der Waals surface area contributed by atoms with Crippen LogP contribution >= 0.6 is 12.4 Å². The van der Waals surface area contributed by atoms with Crippen LogP contribution in [-0.2, 0) is 16.9 Å². The lowest BCUT2D eigenvalue weighted by atomic mass is 9.86. The molecule has 3 rings (SSSR count). The van der Waals surface area contributed by atoms with E-state index in [-0.39, 0.29) is 24.1 Å². The molecule has 1 aliphatic rings. The highest BCUT2D eigenvalue weighted by molar-refractivity contribution is 5.85. The first-order chi connectivity index (χ1) is 12.1. The van der Waals surface area contributed by atoms with Gasteiger partial charge in [-0.2, -0.15) is 5.10 Å². The second kappa shape index (κ2) is 8.42. The Balaban J connectivity index is 0.00000243. The van der Waals surface area contributed by atoms with Gasteiger partial charge in [-0.25, -0.2) is 0 Å². The fraction of sp³-hybridized carbons (Fsp3) is 0.444. The third-order valence-electron chi connectivity index (χ3n) is 4.78. The maximum Gasteiger partial charge on any atom is 0.250 e. The van der Waals surface area contributed by atoms with Crippen LogP contribution in [0.25, 0.3) is 0 Å². The summed E-state index contributed by atoms with van der Waals surface area (Å²) >= 11 is 0. The highest BCUT2D eigenvalue weighted by atomic mass is 35.5. The van der Waals surface area contributed by atoms with Gasteiger partial charge in [0.2, 0.25) is 0 Å². The van der Waals surface area contributed by atoms with Crippen molar-refractivity contribution >= 4 is 18.3 Å². The number of benzene rings is 1. The van der Waals surface area contributed by atoms with E-state index in [1.807, 2.05) is 12.3 Å². The first-order valence-corrected chi connectivity index (χ1v) is 8.39. The summed E-state index contributed by atoms with van der Waals surface area (Å²) in [7, 11) is 3.31. The molecule has 0 bridgehead atoms. The van der Waals surface area contributed by atoms with Crippen molar-refractivity contribution in [3.63, 3.8) is 0 Å². The Labute approximate surface area is 159 Å². The summed E-state index contributed by atoms with van der Waals surface area (Å²) in [4.78, 5) is 15.0. The predicted molar refractivity (Wildman–Crippen MR) is 101 cm³/mol. The molecule has 142 valence electrons. The van der Waals surface area contributed by atoms with Gasteiger partial charge in [0.1, 0.15) is 5.54 Å². The Morgan fingerprint density at radius 3 is 2.77 bits per heavy atom. The molecule has 0 spiro atoms. The normalized spacial score (nSPS) is 15.8. The molecule has 1 amide bonds. The molecule has 0 radical (unpaired) electrons. The molecule has 26 heavy (non-hydrogen) atoms. The second-order valence-electron chi connectivity index (χ2n) is 6.40. The first-order valence-electron chi connectivity index (χ1n) is 8.39. The molecular formula is C18H25ClN4O3. The number of halogens is 1. The summed E-state index contributed by atoms with van der Waals surface area (Å²) in [6, 6.07) is 6.98. The van der Waals surface area contributed by atoms with Crippen LogP contribution in [0.4, 0.5) is 0 Å². The number of phenolic OH excluding ortho intramolecular Hbond substituents is 1. The van der Waals surface area contributed by atoms with E-state index in [4.69, 9.17) is 4.74 Å². The highest BCUT2D eigenvalue weighted by Crippen LogP contribution is 2.31. The number of carbonyl (C=O) groups is 1. The lowest BCUT2D eigenvalue weighted by Crippen LogP contribution is -2.54. The molecular weight excluding hydrogens is 356 g/mol. The highest BCUT2D eigenvalue weighted by Gasteiger charge is 2.43. The Hall–Kier alpha value is -2.25. The summed E-state index contributed by atoms with van der Waals surface area (Å²) in [5.74, 6) is 0.540. The van der Waals surface area contributed by atoms with E-state index >= 15 is 0 Å². The van der Waals surface area contributed by atoms with Crippen LogP contribution in [0.1, 0.15) is 18.4 Å². The number of piperidine rings is 1. The molecule has 1 fully saturated rings. The van der Waals surface area contributed by atoms with Gasteiger partial charge in [-0.1, -0.05) is 6.07 Å². The van der Waals surface area contributed by atoms with Crippen LogP contribution < -0.4 is 10.1 Å². The average Bonchev–Trinajstić information content (AvgIpc) is 3.18. The van der Waals surface area contributed by atoms with E-state index in [0.717, 1.165) is 18.7 Å². The van der Waals surface area contributed by atoms with Gasteiger partial charge in [-0.05, 0) is 49.7 Å². The fourth-order valence-corrected chi connectivity index (χ4v) is 3.42. The van der Waals surface area contributed by atoms with Crippen LogP contribution in [0.15, 0.2) is 36.7 Å². The summed E-state index contributed by atoms with van der Waals surface area (Å²) < 4.78 is 6.94. The molecule has 0 saturated carbocycles. The molecule has 2 heterocycles. The number of hydrogen-bond donors (Lipinski definition) is 2. The van der Waals surface area contributed by atoms with Gasteiger partial charge in [-0.3, -0.25) is 9.48 Å². The zero-order chi connectivity index (χ0) is 17.9. The topological polar surface area (TPSA) is 79.6 Å². The SMILES string of the molecule is COc1cc(CN(C)C(=O)C2(n3cccn3)CCNCC2)ccc1O.Cl. The number of rotatable bonds is 5. The second-order valence-corrected chi connectivity index (χ2v) is 6.40. The summed E-state index contributed by atoms with van der Waals surface area (Å²) in [6.45, 7) is 2.00. The van der Waals surface area contributed by atoms with Crippen LogP contribution in [0, 0.1) is 0 Å². The maximum absolute atomic E-state index is 13.3. The van der Waals surface area contributed by atoms with Gasteiger partial charge in [0.25, 0.3) is 5.91 Å². The molecule has 0 aliphatic carbocycles. The number of nitrogens with zero attached hydrogens (tertiary/aromatic N) is 3. The van der Waals surface area contributed by atoms with Gasteiger partial charge < -0.3 is 20.1 Å². The molecule has 8 heteroatoms. The summed E-state index contributed by atoms with van der Waals surface area (Å²) in [6.07, 6.45) is 4.98. The van der Waals surface area contributed by atoms with Crippen molar-refractivity contribution in [2.24, 2.45) is 0 Å². The lowest BCUT2D eigenvalue weighted by Gasteiger charge is -2.39. The number of amides is 1. The zero-order valence-corrected chi connectivity index (χ0v) is 15.8. The summed E-state index contributed by atoms with van der Waals surface area (Å²) in [5, 5.41) is 17.4. The molecule has 2 aromatic rings. The lowest BCUT2D eigenvalue weighted by molar-refractivity contribution is -0.142. The van der Waals surface area contributed by atoms with Crippen LogP contribution in [0.5, 0.6) is 11.5 Å². The minimum absolute atomic E-state index is 0. The molecule has 1 saturated heterocycles. The molecule has 2 N–H and O–H groups in total. The third kappa shape index (κ3) is 3.78. The largest absolute Gasteiger partial charge is 0.504 e. The minimum Gasteiger partial charge on any atom is -0.504 e. The van der Waals surface area contributed by atoms with Crippen LogP contribution in [-0.4, -0.2) is 52.9 Å². The average molecular weight is 381 g/mol. The van der Waals surface area contributed by atoms with Crippen molar-refractivity contribution < 1.29 is 14.6 Å². The van der Waals surface area contributed by atoms with E-state index in [9.17, 15) is 9.90 Å². The molecule has 0 unspecified atom stereocenters. The number of hydrogen-bond acceptors (Lipinski definition) is 5. The van der Waals surface area contributed by atoms with Crippen molar-refractivity contribution in [1.82, 2.24) is 20.0 Å². The van der Waals surface area contributed by atoms with Crippen molar-refractivity contribution in [3.8, 4) is 11.5 Å². The maximum atomic E-state index is 13.3. The van der Waals surface area contributed by atoms with Crippen molar-refractivity contribution in [1.29, 1.82) is 0 Å². The predicted octanol–water partition coefficient (Wildman–Crippen LogP) is 1.76. The number of likely N-dealkylation sites (N-methyl/N-ethyl adjacent to an activating group) is 1. The zero-order valence-electron chi connectivity index (χ0n) is 15.0. The van der Waals surface area contributed by atoms with E-state index in [0.29, 0.717) is 25.1 Å². The molecule has 1 aromatic heterocycles. The number of phenols is 1.